The maximum absolute atomic E-state index is 11.0. The Morgan fingerprint density at radius 3 is 2.86 bits per heavy atom. The number of aryl methyl sites for hydroxylation is 2. The fourth-order valence-corrected chi connectivity index (χ4v) is 1.34. The van der Waals surface area contributed by atoms with Crippen LogP contribution in [-0.4, -0.2) is 25.7 Å². The van der Waals surface area contributed by atoms with E-state index in [9.17, 15) is 4.79 Å². The number of nitrogens with zero attached hydrogens (tertiary/aromatic N) is 4. The molecule has 6 nitrogen and oxygen atoms in total. The Balaban J connectivity index is 2.85. The van der Waals surface area contributed by atoms with E-state index in [1.54, 1.807) is 0 Å². The van der Waals surface area contributed by atoms with Gasteiger partial charge in [-0.2, -0.15) is 4.52 Å². The molecule has 0 aliphatic heterocycles. The minimum Gasteiger partial charge on any atom is -0.364 e. The van der Waals surface area contributed by atoms with Crippen LogP contribution in [0.15, 0.2) is 6.07 Å². The zero-order valence-corrected chi connectivity index (χ0v) is 7.85. The van der Waals surface area contributed by atoms with Crippen molar-refractivity contribution in [1.82, 2.24) is 19.8 Å². The Kier molecular flexibility index (Phi) is 1.70. The first-order chi connectivity index (χ1) is 6.59. The number of nitrogens with two attached hydrogens (primary N) is 1. The third-order valence-corrected chi connectivity index (χ3v) is 1.91. The third kappa shape index (κ3) is 1.12. The van der Waals surface area contributed by atoms with Gasteiger partial charge in [0.1, 0.15) is 0 Å². The molecule has 0 saturated carbocycles. The largest absolute Gasteiger partial charge is 0.364 e. The van der Waals surface area contributed by atoms with Crippen molar-refractivity contribution in [3.63, 3.8) is 0 Å². The lowest BCUT2D eigenvalue weighted by atomic mass is 10.3. The third-order valence-electron chi connectivity index (χ3n) is 1.91. The molecule has 2 aromatic rings. The molecule has 0 radical (unpaired) electrons. The lowest BCUT2D eigenvalue weighted by Gasteiger charge is -1.98. The summed E-state index contributed by atoms with van der Waals surface area (Å²) in [5.74, 6) is -0.613. The van der Waals surface area contributed by atoms with Crippen LogP contribution in [0, 0.1) is 13.8 Å². The zero-order chi connectivity index (χ0) is 10.3. The molecule has 0 fully saturated rings. The molecular weight excluding hydrogens is 182 g/mol. The maximum atomic E-state index is 11.0. The number of rotatable bonds is 1. The Bertz CT molecular complexity index is 516. The molecular formula is C8H9N5O. The molecule has 0 aliphatic carbocycles. The van der Waals surface area contributed by atoms with E-state index < -0.39 is 5.91 Å². The molecule has 2 rings (SSSR count). The first kappa shape index (κ1) is 8.61. The number of carbonyl (C=O) groups is 1. The first-order valence-electron chi connectivity index (χ1n) is 4.09. The summed E-state index contributed by atoms with van der Waals surface area (Å²) in [6.45, 7) is 3.70. The van der Waals surface area contributed by atoms with Crippen LogP contribution < -0.4 is 5.73 Å². The monoisotopic (exact) mass is 191 g/mol. The average Bonchev–Trinajstić information content (AvgIpc) is 2.47. The van der Waals surface area contributed by atoms with Crippen LogP contribution in [0.5, 0.6) is 0 Å². The number of hydrogen-bond acceptors (Lipinski definition) is 4. The molecule has 0 atom stereocenters. The van der Waals surface area contributed by atoms with Gasteiger partial charge in [0, 0.05) is 11.4 Å². The van der Waals surface area contributed by atoms with Gasteiger partial charge in [-0.3, -0.25) is 4.79 Å². The average molecular weight is 191 g/mol. The summed E-state index contributed by atoms with van der Waals surface area (Å²) >= 11 is 0. The lowest BCUT2D eigenvalue weighted by molar-refractivity contribution is 0.0997. The number of hydrogen-bond donors (Lipinski definition) is 1. The molecule has 0 aromatic carbocycles. The number of primary amides is 1. The molecule has 2 N–H and O–H groups in total. The van der Waals surface area contributed by atoms with Crippen molar-refractivity contribution in [2.24, 2.45) is 5.73 Å². The molecule has 2 aromatic heterocycles. The Hall–Kier alpha value is -1.98. The van der Waals surface area contributed by atoms with Gasteiger partial charge < -0.3 is 5.73 Å². The molecule has 0 aliphatic rings. The smallest absolute Gasteiger partial charge is 0.273 e. The number of amides is 1. The highest BCUT2D eigenvalue weighted by Gasteiger charge is 2.14. The normalized spacial score (nSPS) is 10.7. The van der Waals surface area contributed by atoms with Crippen molar-refractivity contribution < 1.29 is 4.79 Å². The molecule has 0 unspecified atom stereocenters. The van der Waals surface area contributed by atoms with E-state index >= 15 is 0 Å². The van der Waals surface area contributed by atoms with E-state index in [4.69, 9.17) is 5.73 Å². The van der Waals surface area contributed by atoms with Crippen molar-refractivity contribution in [3.8, 4) is 0 Å². The topological polar surface area (TPSA) is 86.2 Å². The van der Waals surface area contributed by atoms with Gasteiger partial charge in [0.25, 0.3) is 5.91 Å². The van der Waals surface area contributed by atoms with Gasteiger partial charge in [0.15, 0.2) is 11.3 Å². The van der Waals surface area contributed by atoms with Crippen LogP contribution in [0.1, 0.15) is 21.9 Å². The summed E-state index contributed by atoms with van der Waals surface area (Å²) in [6, 6.07) is 1.85. The van der Waals surface area contributed by atoms with Crippen molar-refractivity contribution in [3.05, 3.63) is 23.1 Å². The maximum Gasteiger partial charge on any atom is 0.273 e. The second-order valence-corrected chi connectivity index (χ2v) is 3.08. The summed E-state index contributed by atoms with van der Waals surface area (Å²) in [5, 5.41) is 7.46. The Morgan fingerprint density at radius 1 is 1.50 bits per heavy atom. The van der Waals surface area contributed by atoms with E-state index in [2.05, 4.69) is 15.3 Å². The highest BCUT2D eigenvalue weighted by atomic mass is 16.1. The van der Waals surface area contributed by atoms with Crippen LogP contribution in [0.2, 0.25) is 0 Å². The quantitative estimate of drug-likeness (QED) is 0.678. The van der Waals surface area contributed by atoms with Crippen LogP contribution in [-0.2, 0) is 0 Å². The SMILES string of the molecule is Cc1cc(C)n2nnc(C(N)=O)c2n1. The van der Waals surface area contributed by atoms with Crippen molar-refractivity contribution in [2.45, 2.75) is 13.8 Å². The minimum atomic E-state index is -0.613. The fraction of sp³-hybridized carbons (Fsp3) is 0.250. The second-order valence-electron chi connectivity index (χ2n) is 3.08. The molecule has 14 heavy (non-hydrogen) atoms. The van der Waals surface area contributed by atoms with Crippen LogP contribution in [0.4, 0.5) is 0 Å². The van der Waals surface area contributed by atoms with E-state index in [1.807, 2.05) is 19.9 Å². The van der Waals surface area contributed by atoms with Crippen LogP contribution >= 0.6 is 0 Å². The van der Waals surface area contributed by atoms with Gasteiger partial charge in [-0.1, -0.05) is 5.21 Å². The first-order valence-corrected chi connectivity index (χ1v) is 4.09. The van der Waals surface area contributed by atoms with E-state index in [-0.39, 0.29) is 5.69 Å². The van der Waals surface area contributed by atoms with E-state index in [0.717, 1.165) is 11.4 Å². The van der Waals surface area contributed by atoms with Gasteiger partial charge >= 0.3 is 0 Å². The van der Waals surface area contributed by atoms with Gasteiger partial charge in [0.2, 0.25) is 0 Å². The molecule has 0 saturated heterocycles. The van der Waals surface area contributed by atoms with E-state index in [1.165, 1.54) is 4.52 Å². The summed E-state index contributed by atoms with van der Waals surface area (Å²) in [6.07, 6.45) is 0. The summed E-state index contributed by atoms with van der Waals surface area (Å²) < 4.78 is 1.49. The van der Waals surface area contributed by atoms with Crippen molar-refractivity contribution >= 4 is 11.6 Å². The van der Waals surface area contributed by atoms with Gasteiger partial charge in [-0.15, -0.1) is 5.10 Å². The van der Waals surface area contributed by atoms with Gasteiger partial charge in [-0.05, 0) is 19.9 Å². The molecule has 2 heterocycles. The van der Waals surface area contributed by atoms with Crippen molar-refractivity contribution in [1.29, 1.82) is 0 Å². The zero-order valence-electron chi connectivity index (χ0n) is 7.85. The van der Waals surface area contributed by atoms with E-state index in [0.29, 0.717) is 5.65 Å². The molecule has 72 valence electrons. The number of carbonyl (C=O) groups excluding carboxylic acids is 1. The second kappa shape index (κ2) is 2.76. The predicted molar refractivity (Wildman–Crippen MR) is 48.8 cm³/mol. The summed E-state index contributed by atoms with van der Waals surface area (Å²) in [7, 11) is 0. The lowest BCUT2D eigenvalue weighted by Crippen LogP contribution is -2.12. The van der Waals surface area contributed by atoms with Crippen LogP contribution in [0.25, 0.3) is 5.65 Å². The number of aromatic nitrogens is 4. The highest BCUT2D eigenvalue weighted by Crippen LogP contribution is 2.08. The Labute approximate surface area is 79.7 Å². The molecule has 0 bridgehead atoms. The van der Waals surface area contributed by atoms with Crippen molar-refractivity contribution in [2.75, 3.05) is 0 Å². The highest BCUT2D eigenvalue weighted by molar-refractivity contribution is 5.96. The summed E-state index contributed by atoms with van der Waals surface area (Å²) in [5.41, 5.74) is 7.32. The Morgan fingerprint density at radius 2 is 2.21 bits per heavy atom. The fourth-order valence-electron chi connectivity index (χ4n) is 1.34. The molecule has 0 spiro atoms. The molecule has 6 heteroatoms. The standard InChI is InChI=1S/C8H9N5O/c1-4-3-5(2)13-8(10-4)6(7(9)14)11-12-13/h3H,1-2H3,(H2,9,14). The van der Waals surface area contributed by atoms with Gasteiger partial charge in [0.05, 0.1) is 0 Å². The number of fused-ring (bicyclic) bond motifs is 1. The predicted octanol–water partition coefficient (Wildman–Crippen LogP) is -0.160. The van der Waals surface area contributed by atoms with Crippen LogP contribution in [0.3, 0.4) is 0 Å². The molecule has 1 amide bonds. The minimum absolute atomic E-state index is 0.108. The summed E-state index contributed by atoms with van der Waals surface area (Å²) in [4.78, 5) is 15.1. The van der Waals surface area contributed by atoms with Gasteiger partial charge in [-0.25, -0.2) is 4.98 Å².